The Bertz CT molecular complexity index is 1750. The largest absolute Gasteiger partial charge is 0.357 e. The standard InChI is InChI=1S/C35H39N5O4/c1-21-5-8-27(22(2)15-21)26-7-10-30(37-20-26)35(44)39-31(34(43)36-4)18-24-11-13-40(14-12-24)33(42)19-25-6-9-29-28(17-25)23(3)16-32(41)38-29/h5-10,15-17,20,24,31H,11-14,18-19H2,1-4H3,(H,36,43)(H,38,41)(H,39,44)/t31-/m0/s1. The van der Waals surface area contributed by atoms with Gasteiger partial charge in [-0.3, -0.25) is 24.2 Å². The summed E-state index contributed by atoms with van der Waals surface area (Å²) in [5, 5.41) is 6.48. The fourth-order valence-corrected chi connectivity index (χ4v) is 6.08. The lowest BCUT2D eigenvalue weighted by Crippen LogP contribution is -2.48. The molecule has 3 N–H and O–H groups in total. The number of carbonyl (C=O) groups is 3. The van der Waals surface area contributed by atoms with Crippen molar-refractivity contribution in [2.75, 3.05) is 20.1 Å². The Morgan fingerprint density at radius 3 is 2.43 bits per heavy atom. The van der Waals surface area contributed by atoms with Crippen molar-refractivity contribution in [2.45, 2.75) is 52.5 Å². The molecule has 9 nitrogen and oxygen atoms in total. The van der Waals surface area contributed by atoms with Gasteiger partial charge in [0.25, 0.3) is 5.91 Å². The van der Waals surface area contributed by atoms with Crippen LogP contribution in [0.15, 0.2) is 65.6 Å². The molecule has 3 amide bonds. The van der Waals surface area contributed by atoms with Crippen molar-refractivity contribution >= 4 is 28.6 Å². The lowest BCUT2D eigenvalue weighted by molar-refractivity contribution is -0.132. The van der Waals surface area contributed by atoms with E-state index in [1.165, 1.54) is 5.56 Å². The third-order valence-corrected chi connectivity index (χ3v) is 8.56. The molecule has 228 valence electrons. The second kappa shape index (κ2) is 13.2. The molecule has 1 atom stereocenters. The van der Waals surface area contributed by atoms with Gasteiger partial charge < -0.3 is 20.5 Å². The topological polar surface area (TPSA) is 124 Å². The number of hydrogen-bond donors (Lipinski definition) is 3. The predicted octanol–water partition coefficient (Wildman–Crippen LogP) is 4.23. The van der Waals surface area contributed by atoms with Gasteiger partial charge in [0.15, 0.2) is 0 Å². The lowest BCUT2D eigenvalue weighted by Gasteiger charge is -2.33. The number of nitrogens with one attached hydrogen (secondary N) is 3. The summed E-state index contributed by atoms with van der Waals surface area (Å²) in [6.45, 7) is 7.18. The monoisotopic (exact) mass is 593 g/mol. The molecule has 0 bridgehead atoms. The summed E-state index contributed by atoms with van der Waals surface area (Å²) < 4.78 is 0. The molecule has 0 spiro atoms. The number of benzene rings is 2. The normalized spacial score (nSPS) is 14.3. The molecule has 5 rings (SSSR count). The number of likely N-dealkylation sites (N-methyl/N-ethyl adjacent to an activating group) is 1. The first kappa shape index (κ1) is 30.7. The maximum atomic E-state index is 13.1. The number of amides is 3. The number of piperidine rings is 1. The Morgan fingerprint density at radius 1 is 0.977 bits per heavy atom. The number of hydrogen-bond acceptors (Lipinski definition) is 5. The molecular weight excluding hydrogens is 554 g/mol. The van der Waals surface area contributed by atoms with Crippen LogP contribution in [0.5, 0.6) is 0 Å². The number of likely N-dealkylation sites (tertiary alicyclic amines) is 1. The highest BCUT2D eigenvalue weighted by molar-refractivity contribution is 5.96. The van der Waals surface area contributed by atoms with Crippen LogP contribution in [0.1, 0.15) is 52.0 Å². The van der Waals surface area contributed by atoms with E-state index in [1.54, 1.807) is 25.4 Å². The van der Waals surface area contributed by atoms with Crippen molar-refractivity contribution in [3.8, 4) is 11.1 Å². The van der Waals surface area contributed by atoms with Gasteiger partial charge in [-0.15, -0.1) is 0 Å². The average Bonchev–Trinajstić information content (AvgIpc) is 3.01. The van der Waals surface area contributed by atoms with Crippen LogP contribution in [0, 0.1) is 26.7 Å². The van der Waals surface area contributed by atoms with Gasteiger partial charge in [0, 0.05) is 48.9 Å². The van der Waals surface area contributed by atoms with Crippen molar-refractivity contribution in [3.05, 3.63) is 99.1 Å². The summed E-state index contributed by atoms with van der Waals surface area (Å²) in [7, 11) is 1.56. The van der Waals surface area contributed by atoms with Crippen LogP contribution >= 0.6 is 0 Å². The van der Waals surface area contributed by atoms with Crippen LogP contribution in [0.25, 0.3) is 22.0 Å². The molecule has 2 aromatic heterocycles. The minimum absolute atomic E-state index is 0.0522. The number of carbonyl (C=O) groups excluding carboxylic acids is 3. The first-order valence-electron chi connectivity index (χ1n) is 15.1. The van der Waals surface area contributed by atoms with E-state index in [9.17, 15) is 19.2 Å². The number of rotatable bonds is 8. The van der Waals surface area contributed by atoms with Gasteiger partial charge in [-0.1, -0.05) is 35.9 Å². The van der Waals surface area contributed by atoms with Gasteiger partial charge in [0.1, 0.15) is 11.7 Å². The third kappa shape index (κ3) is 7.05. The van der Waals surface area contributed by atoms with Gasteiger partial charge in [0.2, 0.25) is 17.4 Å². The summed E-state index contributed by atoms with van der Waals surface area (Å²) in [5.41, 5.74) is 6.96. The smallest absolute Gasteiger partial charge is 0.270 e. The molecule has 0 saturated carbocycles. The maximum absolute atomic E-state index is 13.1. The summed E-state index contributed by atoms with van der Waals surface area (Å²) in [4.78, 5) is 59.8. The van der Waals surface area contributed by atoms with E-state index < -0.39 is 11.9 Å². The molecule has 9 heteroatoms. The quantitative estimate of drug-likeness (QED) is 0.282. The number of H-pyrrole nitrogens is 1. The fourth-order valence-electron chi connectivity index (χ4n) is 6.08. The molecule has 3 heterocycles. The Morgan fingerprint density at radius 2 is 1.75 bits per heavy atom. The first-order valence-corrected chi connectivity index (χ1v) is 15.1. The molecule has 1 fully saturated rings. The molecule has 2 aromatic carbocycles. The molecule has 0 aliphatic carbocycles. The molecular formula is C35H39N5O4. The van der Waals surface area contributed by atoms with Crippen LogP contribution < -0.4 is 16.2 Å². The van der Waals surface area contributed by atoms with Gasteiger partial charge in [-0.05, 0) is 86.4 Å². The molecule has 0 unspecified atom stereocenters. The van der Waals surface area contributed by atoms with Crippen molar-refractivity contribution in [1.29, 1.82) is 0 Å². The third-order valence-electron chi connectivity index (χ3n) is 8.56. The van der Waals surface area contributed by atoms with E-state index in [0.717, 1.165) is 51.6 Å². The Hall–Kier alpha value is -4.79. The van der Waals surface area contributed by atoms with Gasteiger partial charge in [0.05, 0.1) is 6.42 Å². The number of nitrogens with zero attached hydrogens (tertiary/aromatic N) is 2. The Labute approximate surface area is 257 Å². The zero-order chi connectivity index (χ0) is 31.4. The average molecular weight is 594 g/mol. The molecule has 44 heavy (non-hydrogen) atoms. The van der Waals surface area contributed by atoms with Gasteiger partial charge >= 0.3 is 0 Å². The highest BCUT2D eigenvalue weighted by Gasteiger charge is 2.29. The summed E-state index contributed by atoms with van der Waals surface area (Å²) in [6.07, 6.45) is 3.95. The highest BCUT2D eigenvalue weighted by Crippen LogP contribution is 2.25. The number of fused-ring (bicyclic) bond motifs is 1. The Kier molecular flexibility index (Phi) is 9.23. The van der Waals surface area contributed by atoms with E-state index in [4.69, 9.17) is 0 Å². The summed E-state index contributed by atoms with van der Waals surface area (Å²) in [5.74, 6) is -0.414. The number of aromatic nitrogens is 2. The Balaban J connectivity index is 1.16. The molecule has 4 aromatic rings. The second-order valence-electron chi connectivity index (χ2n) is 11.8. The second-order valence-corrected chi connectivity index (χ2v) is 11.8. The van der Waals surface area contributed by atoms with Crippen molar-refractivity contribution in [2.24, 2.45) is 5.92 Å². The molecule has 1 aliphatic rings. The van der Waals surface area contributed by atoms with Crippen LogP contribution in [-0.2, 0) is 16.0 Å². The van der Waals surface area contributed by atoms with Crippen molar-refractivity contribution < 1.29 is 14.4 Å². The SMILES string of the molecule is CNC(=O)[C@H](CC1CCN(C(=O)Cc2ccc3[nH]c(=O)cc(C)c3c2)CC1)NC(=O)c1ccc(-c2ccc(C)cc2C)cn1. The van der Waals surface area contributed by atoms with Gasteiger partial charge in [-0.2, -0.15) is 0 Å². The number of aryl methyl sites for hydroxylation is 3. The summed E-state index contributed by atoms with van der Waals surface area (Å²) in [6, 6.07) is 16.3. The molecule has 1 aliphatic heterocycles. The van der Waals surface area contributed by atoms with Crippen LogP contribution in [0.4, 0.5) is 0 Å². The van der Waals surface area contributed by atoms with E-state index in [0.29, 0.717) is 19.5 Å². The van der Waals surface area contributed by atoms with Gasteiger partial charge in [-0.25, -0.2) is 0 Å². The van der Waals surface area contributed by atoms with Crippen molar-refractivity contribution in [1.82, 2.24) is 25.5 Å². The summed E-state index contributed by atoms with van der Waals surface area (Å²) >= 11 is 0. The number of aromatic amines is 1. The zero-order valence-corrected chi connectivity index (χ0v) is 25.7. The first-order chi connectivity index (χ1) is 21.1. The molecule has 0 radical (unpaired) electrons. The van der Waals surface area contributed by atoms with E-state index in [2.05, 4.69) is 32.7 Å². The van der Waals surface area contributed by atoms with Crippen LogP contribution in [-0.4, -0.2) is 58.8 Å². The number of pyridine rings is 2. The van der Waals surface area contributed by atoms with E-state index in [-0.39, 0.29) is 35.4 Å². The van der Waals surface area contributed by atoms with E-state index >= 15 is 0 Å². The maximum Gasteiger partial charge on any atom is 0.270 e. The molecule has 1 saturated heterocycles. The minimum Gasteiger partial charge on any atom is -0.357 e. The van der Waals surface area contributed by atoms with Crippen LogP contribution in [0.3, 0.4) is 0 Å². The van der Waals surface area contributed by atoms with E-state index in [1.807, 2.05) is 56.0 Å². The van der Waals surface area contributed by atoms with Crippen molar-refractivity contribution in [3.63, 3.8) is 0 Å². The lowest BCUT2D eigenvalue weighted by atomic mass is 9.89. The highest BCUT2D eigenvalue weighted by atomic mass is 16.2. The predicted molar refractivity (Wildman–Crippen MR) is 171 cm³/mol. The zero-order valence-electron chi connectivity index (χ0n) is 25.7. The van der Waals surface area contributed by atoms with Crippen LogP contribution in [0.2, 0.25) is 0 Å². The fraction of sp³-hybridized carbons (Fsp3) is 0.343. The minimum atomic E-state index is -0.701.